The molecule has 5 nitrogen and oxygen atoms in total. The molecule has 0 saturated carbocycles. The minimum absolute atomic E-state index is 0. The zero-order valence-electron chi connectivity index (χ0n) is 10.2. The van der Waals surface area contributed by atoms with Crippen molar-refractivity contribution in [3.8, 4) is 0 Å². The van der Waals surface area contributed by atoms with Crippen LogP contribution < -0.4 is 5.73 Å². The zero-order chi connectivity index (χ0) is 11.4. The van der Waals surface area contributed by atoms with E-state index in [9.17, 15) is 4.79 Å². The molecule has 0 bridgehead atoms. The van der Waals surface area contributed by atoms with Crippen LogP contribution in [0.25, 0.3) is 0 Å². The van der Waals surface area contributed by atoms with Gasteiger partial charge >= 0.3 is 0 Å². The third kappa shape index (κ3) is 4.48. The van der Waals surface area contributed by atoms with Crippen LogP contribution in [-0.2, 0) is 11.3 Å². The van der Waals surface area contributed by atoms with Crippen LogP contribution in [0.15, 0.2) is 18.5 Å². The number of hydrogen-bond donors (Lipinski definition) is 1. The number of piperidine rings is 1. The van der Waals surface area contributed by atoms with Crippen LogP contribution in [0.5, 0.6) is 0 Å². The summed E-state index contributed by atoms with van der Waals surface area (Å²) in [6.07, 6.45) is 5.56. The molecule has 2 N–H and O–H groups in total. The number of nitrogens with zero attached hydrogens (tertiary/aromatic N) is 3. The van der Waals surface area contributed by atoms with E-state index in [0.717, 1.165) is 32.5 Å². The second-order valence-corrected chi connectivity index (χ2v) is 4.26. The number of hydrogen-bond acceptors (Lipinski definition) is 3. The van der Waals surface area contributed by atoms with Gasteiger partial charge in [0, 0.05) is 25.5 Å². The van der Waals surface area contributed by atoms with Gasteiger partial charge in [0.05, 0.1) is 0 Å². The van der Waals surface area contributed by atoms with Crippen molar-refractivity contribution < 1.29 is 4.79 Å². The van der Waals surface area contributed by atoms with E-state index in [0.29, 0.717) is 12.5 Å². The van der Waals surface area contributed by atoms with Gasteiger partial charge in [0.1, 0.15) is 6.54 Å². The van der Waals surface area contributed by atoms with Gasteiger partial charge in [0.15, 0.2) is 0 Å². The lowest BCUT2D eigenvalue weighted by molar-refractivity contribution is -0.133. The highest BCUT2D eigenvalue weighted by Gasteiger charge is 2.21. The van der Waals surface area contributed by atoms with E-state index in [1.807, 2.05) is 17.2 Å². The van der Waals surface area contributed by atoms with Crippen molar-refractivity contribution in [2.45, 2.75) is 19.4 Å². The topological polar surface area (TPSA) is 64.2 Å². The molecule has 1 aliphatic heterocycles. The lowest BCUT2D eigenvalue weighted by atomic mass is 9.97. The Morgan fingerprint density at radius 2 is 2.00 bits per heavy atom. The largest absolute Gasteiger partial charge is 0.341 e. The van der Waals surface area contributed by atoms with Crippen LogP contribution in [0.2, 0.25) is 0 Å². The Balaban J connectivity index is 0.00000144. The smallest absolute Gasteiger partial charge is 0.244 e. The standard InChI is InChI=1S/C11H18N4O.2ClH/c12-8-10-2-6-14(7-3-10)11(16)9-15-5-1-4-13-15;;/h1,4-5,10H,2-3,6-9,12H2;2*1H. The fraction of sp³-hybridized carbons (Fsp3) is 0.636. The van der Waals surface area contributed by atoms with Crippen molar-refractivity contribution in [2.24, 2.45) is 11.7 Å². The summed E-state index contributed by atoms with van der Waals surface area (Å²) >= 11 is 0. The van der Waals surface area contributed by atoms with Gasteiger partial charge in [-0.1, -0.05) is 0 Å². The van der Waals surface area contributed by atoms with E-state index >= 15 is 0 Å². The molecule has 1 saturated heterocycles. The average Bonchev–Trinajstić information content (AvgIpc) is 2.82. The van der Waals surface area contributed by atoms with E-state index in [2.05, 4.69) is 5.10 Å². The van der Waals surface area contributed by atoms with Crippen LogP contribution in [0.1, 0.15) is 12.8 Å². The summed E-state index contributed by atoms with van der Waals surface area (Å²) in [7, 11) is 0. The first-order valence-corrected chi connectivity index (χ1v) is 5.75. The van der Waals surface area contributed by atoms with Crippen LogP contribution in [0, 0.1) is 5.92 Å². The molecular formula is C11H20Cl2N4O. The molecule has 1 aliphatic rings. The quantitative estimate of drug-likeness (QED) is 0.902. The monoisotopic (exact) mass is 294 g/mol. The Morgan fingerprint density at radius 3 is 2.50 bits per heavy atom. The Labute approximate surface area is 120 Å². The number of likely N-dealkylation sites (tertiary alicyclic amines) is 1. The summed E-state index contributed by atoms with van der Waals surface area (Å²) in [4.78, 5) is 13.8. The Bertz CT molecular complexity index is 337. The molecule has 0 radical (unpaired) electrons. The predicted molar refractivity (Wildman–Crippen MR) is 75.1 cm³/mol. The van der Waals surface area contributed by atoms with E-state index < -0.39 is 0 Å². The second kappa shape index (κ2) is 8.34. The number of halogens is 2. The lowest BCUT2D eigenvalue weighted by Crippen LogP contribution is -2.41. The summed E-state index contributed by atoms with van der Waals surface area (Å²) in [6.45, 7) is 2.76. The Hall–Kier alpha value is -0.780. The van der Waals surface area contributed by atoms with Crippen LogP contribution in [0.4, 0.5) is 0 Å². The molecule has 2 rings (SSSR count). The predicted octanol–water partition coefficient (Wildman–Crippen LogP) is 0.924. The molecule has 104 valence electrons. The first kappa shape index (κ1) is 17.2. The zero-order valence-corrected chi connectivity index (χ0v) is 11.8. The third-order valence-electron chi connectivity index (χ3n) is 3.16. The summed E-state index contributed by atoms with van der Waals surface area (Å²) in [6, 6.07) is 1.83. The van der Waals surface area contributed by atoms with Crippen molar-refractivity contribution in [2.75, 3.05) is 19.6 Å². The molecule has 1 aromatic rings. The van der Waals surface area contributed by atoms with E-state index in [4.69, 9.17) is 5.73 Å². The van der Waals surface area contributed by atoms with Crippen molar-refractivity contribution in [1.82, 2.24) is 14.7 Å². The van der Waals surface area contributed by atoms with Crippen molar-refractivity contribution in [3.63, 3.8) is 0 Å². The summed E-state index contributed by atoms with van der Waals surface area (Å²) in [5.41, 5.74) is 5.62. The molecule has 1 amide bonds. The van der Waals surface area contributed by atoms with Crippen molar-refractivity contribution in [3.05, 3.63) is 18.5 Å². The number of carbonyl (C=O) groups excluding carboxylic acids is 1. The molecular weight excluding hydrogens is 275 g/mol. The molecule has 18 heavy (non-hydrogen) atoms. The highest BCUT2D eigenvalue weighted by molar-refractivity contribution is 5.85. The van der Waals surface area contributed by atoms with Gasteiger partial charge in [-0.3, -0.25) is 9.48 Å². The molecule has 1 fully saturated rings. The summed E-state index contributed by atoms with van der Waals surface area (Å²) in [5, 5.41) is 4.03. The summed E-state index contributed by atoms with van der Waals surface area (Å²) in [5.74, 6) is 0.743. The number of amides is 1. The number of nitrogens with two attached hydrogens (primary N) is 1. The minimum atomic E-state index is 0. The first-order chi connectivity index (χ1) is 7.79. The molecule has 0 atom stereocenters. The van der Waals surface area contributed by atoms with Gasteiger partial charge < -0.3 is 10.6 Å². The number of carbonyl (C=O) groups is 1. The molecule has 0 spiro atoms. The molecule has 0 aromatic carbocycles. The number of rotatable bonds is 3. The Kier molecular flexibility index (Phi) is 7.98. The molecule has 0 unspecified atom stereocenters. The molecule has 2 heterocycles. The highest BCUT2D eigenvalue weighted by Crippen LogP contribution is 2.15. The Morgan fingerprint density at radius 1 is 1.33 bits per heavy atom. The van der Waals surface area contributed by atoms with E-state index in [-0.39, 0.29) is 30.7 Å². The fourth-order valence-electron chi connectivity index (χ4n) is 2.05. The van der Waals surface area contributed by atoms with Gasteiger partial charge in [-0.2, -0.15) is 5.10 Å². The second-order valence-electron chi connectivity index (χ2n) is 4.26. The minimum Gasteiger partial charge on any atom is -0.341 e. The molecule has 0 aliphatic carbocycles. The van der Waals surface area contributed by atoms with Crippen LogP contribution >= 0.6 is 24.8 Å². The van der Waals surface area contributed by atoms with Gasteiger partial charge in [0.2, 0.25) is 5.91 Å². The van der Waals surface area contributed by atoms with Gasteiger partial charge in [-0.05, 0) is 31.4 Å². The van der Waals surface area contributed by atoms with Gasteiger partial charge in [-0.15, -0.1) is 24.8 Å². The van der Waals surface area contributed by atoms with Gasteiger partial charge in [0.25, 0.3) is 0 Å². The van der Waals surface area contributed by atoms with Crippen molar-refractivity contribution >= 4 is 30.7 Å². The SMILES string of the molecule is Cl.Cl.NCC1CCN(C(=O)Cn2cccn2)CC1. The third-order valence-corrected chi connectivity index (χ3v) is 3.16. The summed E-state index contributed by atoms with van der Waals surface area (Å²) < 4.78 is 1.66. The maximum Gasteiger partial charge on any atom is 0.244 e. The lowest BCUT2D eigenvalue weighted by Gasteiger charge is -2.31. The van der Waals surface area contributed by atoms with E-state index in [1.165, 1.54) is 0 Å². The van der Waals surface area contributed by atoms with Crippen LogP contribution in [0.3, 0.4) is 0 Å². The van der Waals surface area contributed by atoms with Gasteiger partial charge in [-0.25, -0.2) is 0 Å². The fourth-order valence-corrected chi connectivity index (χ4v) is 2.05. The van der Waals surface area contributed by atoms with Crippen molar-refractivity contribution in [1.29, 1.82) is 0 Å². The molecule has 1 aromatic heterocycles. The normalized spacial score (nSPS) is 15.7. The maximum atomic E-state index is 11.9. The maximum absolute atomic E-state index is 11.9. The average molecular weight is 295 g/mol. The number of aromatic nitrogens is 2. The highest BCUT2D eigenvalue weighted by atomic mass is 35.5. The van der Waals surface area contributed by atoms with Crippen LogP contribution in [-0.4, -0.2) is 40.2 Å². The van der Waals surface area contributed by atoms with E-state index in [1.54, 1.807) is 10.9 Å². The first-order valence-electron chi connectivity index (χ1n) is 5.75. The molecule has 7 heteroatoms.